The van der Waals surface area contributed by atoms with Crippen LogP contribution in [0, 0.1) is 11.8 Å². The first kappa shape index (κ1) is 15.2. The highest BCUT2D eigenvalue weighted by atomic mass is 79.9. The van der Waals surface area contributed by atoms with Crippen LogP contribution in [0.3, 0.4) is 0 Å². The van der Waals surface area contributed by atoms with Crippen molar-refractivity contribution in [2.75, 3.05) is 18.5 Å². The zero-order valence-electron chi connectivity index (χ0n) is 10.5. The normalized spacial score (nSPS) is 23.2. The molecule has 102 valence electrons. The van der Waals surface area contributed by atoms with Crippen LogP contribution in [0.25, 0.3) is 0 Å². The molecule has 1 aliphatic carbocycles. The lowest BCUT2D eigenvalue weighted by Gasteiger charge is -2.27. The number of alkyl halides is 1. The Labute approximate surface area is 116 Å². The van der Waals surface area contributed by atoms with E-state index in [1.54, 1.807) is 6.08 Å². The summed E-state index contributed by atoms with van der Waals surface area (Å²) in [5.41, 5.74) is 0. The molecule has 0 aliphatic heterocycles. The van der Waals surface area contributed by atoms with Crippen LogP contribution in [0.4, 0.5) is 0 Å². The fraction of sp³-hybridized carbons (Fsp3) is 0.692. The molecule has 0 aromatic heterocycles. The lowest BCUT2D eigenvalue weighted by Crippen LogP contribution is -2.33. The highest BCUT2D eigenvalue weighted by molar-refractivity contribution is 9.09. The first-order chi connectivity index (χ1) is 8.67. The summed E-state index contributed by atoms with van der Waals surface area (Å²) in [6.07, 6.45) is 5.22. The van der Waals surface area contributed by atoms with Crippen molar-refractivity contribution in [2.24, 2.45) is 11.8 Å². The summed E-state index contributed by atoms with van der Waals surface area (Å²) in [7, 11) is 0. The fourth-order valence-electron chi connectivity index (χ4n) is 2.17. The van der Waals surface area contributed by atoms with Crippen molar-refractivity contribution in [2.45, 2.75) is 25.7 Å². The molecule has 0 heterocycles. The summed E-state index contributed by atoms with van der Waals surface area (Å²) in [4.78, 5) is 22.7. The molecule has 0 aromatic carbocycles. The molecule has 1 amide bonds. The van der Waals surface area contributed by atoms with Crippen LogP contribution in [0.2, 0.25) is 0 Å². The second-order valence-corrected chi connectivity index (χ2v) is 5.13. The van der Waals surface area contributed by atoms with Crippen molar-refractivity contribution in [3.63, 3.8) is 0 Å². The average molecular weight is 318 g/mol. The number of amides is 1. The van der Waals surface area contributed by atoms with Gasteiger partial charge in [-0.3, -0.25) is 9.59 Å². The van der Waals surface area contributed by atoms with E-state index < -0.39 is 0 Å². The summed E-state index contributed by atoms with van der Waals surface area (Å²) < 4.78 is 5.05. The van der Waals surface area contributed by atoms with E-state index in [-0.39, 0.29) is 17.8 Å². The molecule has 0 bridgehead atoms. The van der Waals surface area contributed by atoms with Crippen LogP contribution in [0.1, 0.15) is 25.7 Å². The molecule has 1 N–H and O–H groups in total. The SMILES string of the molecule is C=CCOC(=O)C1CCC(CNC(=O)CBr)CC1. The lowest BCUT2D eigenvalue weighted by atomic mass is 9.82. The van der Waals surface area contributed by atoms with Crippen molar-refractivity contribution in [1.29, 1.82) is 0 Å². The van der Waals surface area contributed by atoms with Gasteiger partial charge in [0, 0.05) is 6.54 Å². The van der Waals surface area contributed by atoms with Gasteiger partial charge in [-0.05, 0) is 31.6 Å². The highest BCUT2D eigenvalue weighted by Crippen LogP contribution is 2.29. The Bertz CT molecular complexity index is 299. The molecule has 1 saturated carbocycles. The van der Waals surface area contributed by atoms with Crippen LogP contribution in [-0.2, 0) is 14.3 Å². The summed E-state index contributed by atoms with van der Waals surface area (Å²) in [6.45, 7) is 4.52. The van der Waals surface area contributed by atoms with E-state index in [4.69, 9.17) is 4.74 Å². The van der Waals surface area contributed by atoms with Crippen LogP contribution < -0.4 is 5.32 Å². The summed E-state index contributed by atoms with van der Waals surface area (Å²) in [5.74, 6) is 0.407. The largest absolute Gasteiger partial charge is 0.461 e. The van der Waals surface area contributed by atoms with Crippen LogP contribution >= 0.6 is 15.9 Å². The number of hydrogen-bond acceptors (Lipinski definition) is 3. The molecule has 0 unspecified atom stereocenters. The molecule has 0 atom stereocenters. The van der Waals surface area contributed by atoms with Gasteiger partial charge in [-0.25, -0.2) is 0 Å². The molecule has 1 rings (SSSR count). The number of rotatable bonds is 6. The molecule has 1 fully saturated rings. The predicted octanol–water partition coefficient (Wildman–Crippen LogP) is 2.03. The Morgan fingerprint density at radius 3 is 2.56 bits per heavy atom. The standard InChI is InChI=1S/C13H20BrNO3/c1-2-7-18-13(17)11-5-3-10(4-6-11)9-15-12(16)8-14/h2,10-11H,1,3-9H2,(H,15,16). The molecule has 0 saturated heterocycles. The average Bonchev–Trinajstić information content (AvgIpc) is 2.42. The first-order valence-electron chi connectivity index (χ1n) is 6.27. The van der Waals surface area contributed by atoms with E-state index in [1.165, 1.54) is 0 Å². The van der Waals surface area contributed by atoms with Crippen LogP contribution in [-0.4, -0.2) is 30.4 Å². The van der Waals surface area contributed by atoms with Crippen molar-refractivity contribution >= 4 is 27.8 Å². The number of hydrogen-bond donors (Lipinski definition) is 1. The molecule has 4 nitrogen and oxygen atoms in total. The van der Waals surface area contributed by atoms with Gasteiger partial charge in [0.25, 0.3) is 0 Å². The molecule has 0 spiro atoms. The Morgan fingerprint density at radius 1 is 1.33 bits per heavy atom. The number of esters is 1. The third-order valence-corrected chi connectivity index (χ3v) is 3.74. The smallest absolute Gasteiger partial charge is 0.309 e. The number of halogens is 1. The third kappa shape index (κ3) is 5.21. The molecule has 0 radical (unpaired) electrons. The van der Waals surface area contributed by atoms with Gasteiger partial charge in [-0.1, -0.05) is 28.6 Å². The van der Waals surface area contributed by atoms with E-state index in [2.05, 4.69) is 27.8 Å². The molecular weight excluding hydrogens is 298 g/mol. The monoisotopic (exact) mass is 317 g/mol. The minimum Gasteiger partial charge on any atom is -0.461 e. The molecular formula is C13H20BrNO3. The maximum absolute atomic E-state index is 11.6. The zero-order valence-corrected chi connectivity index (χ0v) is 12.1. The van der Waals surface area contributed by atoms with Crippen LogP contribution in [0.5, 0.6) is 0 Å². The number of carbonyl (C=O) groups is 2. The number of carbonyl (C=O) groups excluding carboxylic acids is 2. The Morgan fingerprint density at radius 2 is 2.00 bits per heavy atom. The second kappa shape index (κ2) is 8.29. The van der Waals surface area contributed by atoms with Gasteiger partial charge in [-0.2, -0.15) is 0 Å². The quantitative estimate of drug-likeness (QED) is 0.463. The topological polar surface area (TPSA) is 55.4 Å². The minimum absolute atomic E-state index is 0.0162. The number of ether oxygens (including phenoxy) is 1. The Kier molecular flexibility index (Phi) is 7.01. The third-order valence-electron chi connectivity index (χ3n) is 3.23. The van der Waals surface area contributed by atoms with Crippen LogP contribution in [0.15, 0.2) is 12.7 Å². The van der Waals surface area contributed by atoms with Gasteiger partial charge in [-0.15, -0.1) is 0 Å². The van der Waals surface area contributed by atoms with E-state index in [0.717, 1.165) is 25.7 Å². The predicted molar refractivity (Wildman–Crippen MR) is 73.4 cm³/mol. The van der Waals surface area contributed by atoms with E-state index in [9.17, 15) is 9.59 Å². The van der Waals surface area contributed by atoms with Crippen molar-refractivity contribution in [3.05, 3.63) is 12.7 Å². The second-order valence-electron chi connectivity index (χ2n) is 4.57. The van der Waals surface area contributed by atoms with Gasteiger partial charge >= 0.3 is 5.97 Å². The van der Waals surface area contributed by atoms with E-state index >= 15 is 0 Å². The van der Waals surface area contributed by atoms with E-state index in [1.807, 2.05) is 0 Å². The maximum Gasteiger partial charge on any atom is 0.309 e. The van der Waals surface area contributed by atoms with Crippen molar-refractivity contribution in [3.8, 4) is 0 Å². The summed E-state index contributed by atoms with van der Waals surface area (Å²) in [5, 5.41) is 3.21. The summed E-state index contributed by atoms with van der Waals surface area (Å²) >= 11 is 3.11. The Hall–Kier alpha value is -0.840. The van der Waals surface area contributed by atoms with Gasteiger partial charge in [0.1, 0.15) is 6.61 Å². The number of nitrogens with one attached hydrogen (secondary N) is 1. The fourth-order valence-corrected chi connectivity index (χ4v) is 2.36. The molecule has 0 aromatic rings. The zero-order chi connectivity index (χ0) is 13.4. The highest BCUT2D eigenvalue weighted by Gasteiger charge is 2.27. The minimum atomic E-state index is -0.113. The van der Waals surface area contributed by atoms with E-state index in [0.29, 0.717) is 24.4 Å². The first-order valence-corrected chi connectivity index (χ1v) is 7.39. The van der Waals surface area contributed by atoms with Gasteiger partial charge in [0.05, 0.1) is 11.2 Å². The lowest BCUT2D eigenvalue weighted by molar-refractivity contribution is -0.148. The van der Waals surface area contributed by atoms with Gasteiger partial charge in [0.2, 0.25) is 5.91 Å². The molecule has 1 aliphatic rings. The van der Waals surface area contributed by atoms with Gasteiger partial charge < -0.3 is 10.1 Å². The molecule has 18 heavy (non-hydrogen) atoms. The summed E-state index contributed by atoms with van der Waals surface area (Å²) in [6, 6.07) is 0. The maximum atomic E-state index is 11.6. The Balaban J connectivity index is 2.21. The van der Waals surface area contributed by atoms with Gasteiger partial charge in [0.15, 0.2) is 0 Å². The van der Waals surface area contributed by atoms with Crippen molar-refractivity contribution < 1.29 is 14.3 Å². The van der Waals surface area contributed by atoms with Crippen molar-refractivity contribution in [1.82, 2.24) is 5.32 Å². The molecule has 5 heteroatoms.